The standard InChI is InChI=1S/C16H38O2Si2Te2.C6H14SiTe.C4H10O2/c1-13(11-21)9-19(5,6)17-15(3)16(4)18-20(7,8)10-14(2)12-22;1-6-4-7(2,3)8-5-6;1-3(5)4(2)6/h13-16,21-22H,9-12H2,1-8H3;6H,4-5H2,1-3H3;3-6H,1-2H3/t13?,14?,15-,16+;;3-,4+. The molecule has 4 nitrogen and oxygen atoms in total. The van der Waals surface area contributed by atoms with Gasteiger partial charge < -0.3 is 10.2 Å². The zero-order valence-electron chi connectivity index (χ0n) is 25.8. The first-order chi connectivity index (χ1) is 16.2. The van der Waals surface area contributed by atoms with Gasteiger partial charge in [0.05, 0.1) is 12.2 Å². The molecule has 1 aliphatic rings. The number of aliphatic hydroxyl groups excluding tert-OH is 2. The summed E-state index contributed by atoms with van der Waals surface area (Å²) < 4.78 is 17.2. The van der Waals surface area contributed by atoms with Crippen molar-refractivity contribution in [2.75, 3.05) is 0 Å². The van der Waals surface area contributed by atoms with Gasteiger partial charge in [0.25, 0.3) is 0 Å². The molecule has 1 aliphatic heterocycles. The van der Waals surface area contributed by atoms with E-state index in [1.807, 2.05) is 44.6 Å². The third-order valence-electron chi connectivity index (χ3n) is 6.27. The molecule has 2 N–H and O–H groups in total. The van der Waals surface area contributed by atoms with Crippen molar-refractivity contribution in [1.29, 1.82) is 0 Å². The van der Waals surface area contributed by atoms with Crippen molar-refractivity contribution in [3.8, 4) is 0 Å². The Balaban J connectivity index is 0. The average molecular weight is 906 g/mol. The molecule has 0 spiro atoms. The SMILES string of the molecule is CC(C[TeH])C[Si](C)(C)O[C@@H](C)[C@@H](C)O[Si](C)(C)CC(C)C[TeH].CC1C[Te][Si](C)(C)C1.C[C@H](O)[C@@H](C)O. The van der Waals surface area contributed by atoms with Crippen molar-refractivity contribution in [2.24, 2.45) is 17.8 Å². The Morgan fingerprint density at radius 1 is 0.806 bits per heavy atom. The van der Waals surface area contributed by atoms with Gasteiger partial charge in [-0.25, -0.2) is 0 Å². The first-order valence-electron chi connectivity index (χ1n) is 13.7. The van der Waals surface area contributed by atoms with E-state index in [9.17, 15) is 0 Å². The summed E-state index contributed by atoms with van der Waals surface area (Å²) in [5.41, 5.74) is -0.473. The Labute approximate surface area is 264 Å². The van der Waals surface area contributed by atoms with E-state index in [1.54, 1.807) is 24.4 Å². The molecule has 0 aromatic heterocycles. The van der Waals surface area contributed by atoms with Crippen molar-refractivity contribution in [3.63, 3.8) is 0 Å². The predicted molar refractivity (Wildman–Crippen MR) is 173 cm³/mol. The molecular weight excluding hydrogens is 843 g/mol. The zero-order chi connectivity index (χ0) is 28.9. The van der Waals surface area contributed by atoms with Gasteiger partial charge in [-0.2, -0.15) is 0 Å². The molecule has 0 aromatic carbocycles. The molecule has 0 radical (unpaired) electrons. The van der Waals surface area contributed by atoms with Crippen LogP contribution in [0, 0.1) is 17.8 Å². The molecule has 0 bridgehead atoms. The fourth-order valence-corrected chi connectivity index (χ4v) is 26.2. The Kier molecular flexibility index (Phi) is 22.6. The number of hydrogen-bond donors (Lipinski definition) is 2. The van der Waals surface area contributed by atoms with Crippen molar-refractivity contribution in [1.82, 2.24) is 0 Å². The van der Waals surface area contributed by atoms with Gasteiger partial charge in [0, 0.05) is 0 Å². The van der Waals surface area contributed by atoms with Crippen LogP contribution in [0.4, 0.5) is 0 Å². The molecule has 1 saturated heterocycles. The number of hydrogen-bond acceptors (Lipinski definition) is 4. The monoisotopic (exact) mass is 912 g/mol. The summed E-state index contributed by atoms with van der Waals surface area (Å²) in [5.74, 6) is 2.69. The first-order valence-corrected chi connectivity index (χ1v) is 31.8. The summed E-state index contributed by atoms with van der Waals surface area (Å²) in [5, 5.41) is 16.8. The van der Waals surface area contributed by atoms with Gasteiger partial charge in [-0.1, -0.05) is 0 Å². The maximum Gasteiger partial charge on any atom is 0.0768 e. The second kappa shape index (κ2) is 19.9. The number of aliphatic hydroxyl groups is 2. The largest absolute Gasteiger partial charge is 0.391 e. The van der Waals surface area contributed by atoms with E-state index in [2.05, 4.69) is 73.9 Å². The minimum Gasteiger partial charge on any atom is -0.391 e. The molecule has 7 atom stereocenters. The zero-order valence-corrected chi connectivity index (χ0v) is 36.2. The van der Waals surface area contributed by atoms with E-state index in [0.717, 1.165) is 17.8 Å². The minimum absolute atomic E-state index is 0.210. The fourth-order valence-electron chi connectivity index (χ4n) is 4.43. The molecule has 1 heterocycles. The van der Waals surface area contributed by atoms with Crippen LogP contribution in [0.5, 0.6) is 0 Å². The van der Waals surface area contributed by atoms with Crippen molar-refractivity contribution < 1.29 is 19.1 Å². The van der Waals surface area contributed by atoms with Crippen LogP contribution in [-0.4, -0.2) is 122 Å². The molecule has 36 heavy (non-hydrogen) atoms. The summed E-state index contributed by atoms with van der Waals surface area (Å²) >= 11 is 4.38. The Hall–Kier alpha value is 2.86. The van der Waals surface area contributed by atoms with Crippen LogP contribution in [0.2, 0.25) is 70.8 Å². The van der Waals surface area contributed by atoms with E-state index >= 15 is 0 Å². The molecule has 10 heteroatoms. The van der Waals surface area contributed by atoms with Gasteiger partial charge in [0.15, 0.2) is 0 Å². The van der Waals surface area contributed by atoms with Gasteiger partial charge in [-0.05, 0) is 13.8 Å². The fraction of sp³-hybridized carbons (Fsp3) is 1.00. The van der Waals surface area contributed by atoms with Crippen molar-refractivity contribution in [3.05, 3.63) is 0 Å². The summed E-state index contributed by atoms with van der Waals surface area (Å²) in [7, 11) is -3.16. The van der Waals surface area contributed by atoms with Crippen LogP contribution in [0.1, 0.15) is 48.5 Å². The molecule has 220 valence electrons. The maximum atomic E-state index is 8.38. The van der Waals surface area contributed by atoms with Crippen LogP contribution >= 0.6 is 0 Å². The maximum absolute atomic E-state index is 8.38. The topological polar surface area (TPSA) is 58.9 Å². The molecule has 1 fully saturated rings. The Morgan fingerprint density at radius 3 is 1.31 bits per heavy atom. The summed E-state index contributed by atoms with van der Waals surface area (Å²) in [6.07, 6.45) is -0.764. The molecule has 1 rings (SSSR count). The van der Waals surface area contributed by atoms with Gasteiger partial charge in [0.2, 0.25) is 0 Å². The smallest absolute Gasteiger partial charge is 0.0768 e. The third kappa shape index (κ3) is 22.5. The van der Waals surface area contributed by atoms with Crippen LogP contribution in [0.15, 0.2) is 0 Å². The molecule has 0 saturated carbocycles. The van der Waals surface area contributed by atoms with Crippen LogP contribution < -0.4 is 0 Å². The second-order valence-electron chi connectivity index (χ2n) is 13.0. The van der Waals surface area contributed by atoms with E-state index in [4.69, 9.17) is 19.1 Å². The Morgan fingerprint density at radius 2 is 1.14 bits per heavy atom. The third-order valence-corrected chi connectivity index (χ3v) is 29.0. The number of rotatable bonds is 12. The second-order valence-corrected chi connectivity index (χ2v) is 40.5. The van der Waals surface area contributed by atoms with Gasteiger partial charge in [-0.15, -0.1) is 0 Å². The van der Waals surface area contributed by atoms with Crippen molar-refractivity contribution >= 4 is 87.0 Å². The minimum atomic E-state index is -1.58. The molecule has 3 unspecified atom stereocenters. The quantitative estimate of drug-likeness (QED) is 0.243. The van der Waals surface area contributed by atoms with Gasteiger partial charge in [0.1, 0.15) is 0 Å². The van der Waals surface area contributed by atoms with E-state index in [0.29, 0.717) is 20.1 Å². The van der Waals surface area contributed by atoms with Gasteiger partial charge >= 0.3 is 231 Å². The normalized spacial score (nSPS) is 22.8. The summed E-state index contributed by atoms with van der Waals surface area (Å²) in [6.45, 7) is 29.2. The summed E-state index contributed by atoms with van der Waals surface area (Å²) in [6, 6.07) is 4.15. The van der Waals surface area contributed by atoms with Crippen LogP contribution in [0.3, 0.4) is 0 Å². The Bertz CT molecular complexity index is 531. The average Bonchev–Trinajstić information content (AvgIpc) is 3.03. The van der Waals surface area contributed by atoms with E-state index in [1.165, 1.54) is 21.0 Å². The van der Waals surface area contributed by atoms with Crippen LogP contribution in [0.25, 0.3) is 0 Å². The van der Waals surface area contributed by atoms with Crippen LogP contribution in [-0.2, 0) is 8.85 Å². The van der Waals surface area contributed by atoms with E-state index in [-0.39, 0.29) is 12.2 Å². The summed E-state index contributed by atoms with van der Waals surface area (Å²) in [4.78, 5) is 0. The molecule has 0 aliphatic carbocycles. The molecular formula is C26H62O4Si3Te3. The predicted octanol–water partition coefficient (Wildman–Crippen LogP) is 5.83. The van der Waals surface area contributed by atoms with E-state index < -0.39 is 34.5 Å². The first kappa shape index (κ1) is 41.0. The van der Waals surface area contributed by atoms with Gasteiger partial charge in [-0.3, -0.25) is 0 Å². The molecule has 0 amide bonds. The molecule has 0 aromatic rings. The van der Waals surface area contributed by atoms with Crippen molar-refractivity contribution in [2.45, 2.75) is 144 Å².